The molecule has 0 bridgehead atoms. The van der Waals surface area contributed by atoms with E-state index in [-0.39, 0.29) is 30.9 Å². The predicted octanol–water partition coefficient (Wildman–Crippen LogP) is 5.86. The predicted molar refractivity (Wildman–Crippen MR) is 209 cm³/mol. The summed E-state index contributed by atoms with van der Waals surface area (Å²) in [5.74, 6) is 6.50. The van der Waals surface area contributed by atoms with Gasteiger partial charge in [0.25, 0.3) is 0 Å². The highest BCUT2D eigenvalue weighted by molar-refractivity contribution is 6.08. The summed E-state index contributed by atoms with van der Waals surface area (Å²) in [6, 6.07) is 24.4. The first-order valence-electron chi connectivity index (χ1n) is 16.2. The van der Waals surface area contributed by atoms with E-state index in [9.17, 15) is 9.59 Å². The van der Waals surface area contributed by atoms with E-state index in [1.807, 2.05) is 12.1 Å². The normalized spacial score (nSPS) is 10.7. The molecule has 0 unspecified atom stereocenters. The standard InChI is InChI=1S/C21H17N3O4.C20H19N3O4/c1-3-12-27-18-10-8-15(13-19(18)26-2)9-11-20(25)23-17-7-5-4-6-16(17)21-22-14-28-24-21;1-3-12-27-17-10-8-14(13-18(17)26-2)9-11-19(24)22-16-7-5-4-6-15(16)20(21)23-25/h1,4-11,13-14H,12H2,2H3,(H,23,25);1,4-11,13,25H,12H2,2H3,(H2,21,23)(H,22,24)/b2*11-9+. The van der Waals surface area contributed by atoms with Gasteiger partial charge >= 0.3 is 0 Å². The number of nitrogens with zero attached hydrogens (tertiary/aromatic N) is 3. The number of terminal acetylenes is 2. The molecule has 1 aromatic heterocycles. The smallest absolute Gasteiger partial charge is 0.248 e. The van der Waals surface area contributed by atoms with Gasteiger partial charge in [-0.15, -0.1) is 12.8 Å². The lowest BCUT2D eigenvalue weighted by molar-refractivity contribution is -0.112. The number of hydrogen-bond donors (Lipinski definition) is 4. The minimum atomic E-state index is -0.375. The monoisotopic (exact) mass is 740 g/mol. The number of oxime groups is 1. The van der Waals surface area contributed by atoms with Crippen LogP contribution in [-0.4, -0.2) is 60.4 Å². The number of anilines is 2. The lowest BCUT2D eigenvalue weighted by Crippen LogP contribution is -2.17. The molecule has 0 saturated heterocycles. The van der Waals surface area contributed by atoms with Crippen LogP contribution in [0.25, 0.3) is 23.5 Å². The highest BCUT2D eigenvalue weighted by atomic mass is 16.5. The molecule has 0 aliphatic rings. The number of amides is 2. The van der Waals surface area contributed by atoms with Gasteiger partial charge in [-0.25, -0.2) is 0 Å². The number of hydrogen-bond acceptors (Lipinski definition) is 11. The first kappa shape index (κ1) is 39.8. The van der Waals surface area contributed by atoms with E-state index in [1.54, 1.807) is 84.9 Å². The molecule has 0 atom stereocenters. The SMILES string of the molecule is C#CCOc1ccc(/C=C/C(=O)Nc2ccccc2-c2ncon2)cc1OC.C#CCOc1ccc(/C=C/C(=O)Nc2ccccc2C(N)=NO)cc1OC. The second-order valence-electron chi connectivity index (χ2n) is 10.8. The van der Waals surface area contributed by atoms with Crippen molar-refractivity contribution < 1.29 is 38.3 Å². The fourth-order valence-electron chi connectivity index (χ4n) is 4.69. The Balaban J connectivity index is 0.000000245. The molecule has 0 spiro atoms. The number of para-hydroxylation sites is 2. The van der Waals surface area contributed by atoms with Gasteiger partial charge in [0.05, 0.1) is 25.6 Å². The van der Waals surface area contributed by atoms with Crippen LogP contribution in [0.4, 0.5) is 11.4 Å². The van der Waals surface area contributed by atoms with Gasteiger partial charge in [0, 0.05) is 23.3 Å². The minimum absolute atomic E-state index is 0.0952. The number of carbonyl (C=O) groups is 2. The molecule has 0 fully saturated rings. The molecular formula is C41H36N6O8. The Morgan fingerprint density at radius 3 is 1.84 bits per heavy atom. The second-order valence-corrected chi connectivity index (χ2v) is 10.8. The van der Waals surface area contributed by atoms with Gasteiger partial charge < -0.3 is 45.0 Å². The Morgan fingerprint density at radius 2 is 1.33 bits per heavy atom. The second kappa shape index (κ2) is 20.8. The maximum atomic E-state index is 12.3. The van der Waals surface area contributed by atoms with E-state index < -0.39 is 0 Å². The zero-order valence-electron chi connectivity index (χ0n) is 29.8. The van der Waals surface area contributed by atoms with Crippen molar-refractivity contribution in [3.63, 3.8) is 0 Å². The van der Waals surface area contributed by atoms with Gasteiger partial charge in [0.2, 0.25) is 24.0 Å². The number of methoxy groups -OCH3 is 2. The van der Waals surface area contributed by atoms with Gasteiger partial charge in [-0.2, -0.15) is 4.98 Å². The fraction of sp³-hybridized carbons (Fsp3) is 0.0976. The molecule has 14 nitrogen and oxygen atoms in total. The largest absolute Gasteiger partial charge is 0.493 e. The molecule has 55 heavy (non-hydrogen) atoms. The Bertz CT molecular complexity index is 2250. The number of rotatable bonds is 14. The number of aromatic nitrogens is 2. The van der Waals surface area contributed by atoms with Crippen LogP contribution in [0.3, 0.4) is 0 Å². The van der Waals surface area contributed by atoms with Crippen LogP contribution in [0.1, 0.15) is 16.7 Å². The molecule has 5 rings (SSSR count). The van der Waals surface area contributed by atoms with Crippen molar-refractivity contribution >= 4 is 41.2 Å². The summed E-state index contributed by atoms with van der Waals surface area (Å²) in [7, 11) is 3.05. The van der Waals surface area contributed by atoms with Crippen molar-refractivity contribution in [1.82, 2.24) is 10.1 Å². The molecule has 0 aliphatic carbocycles. The molecule has 1 heterocycles. The van der Waals surface area contributed by atoms with Crippen molar-refractivity contribution in [2.45, 2.75) is 0 Å². The maximum Gasteiger partial charge on any atom is 0.248 e. The van der Waals surface area contributed by atoms with Crippen molar-refractivity contribution in [3.8, 4) is 59.1 Å². The number of nitrogens with two attached hydrogens (primary N) is 1. The van der Waals surface area contributed by atoms with E-state index in [2.05, 4.69) is 37.8 Å². The minimum Gasteiger partial charge on any atom is -0.493 e. The number of nitrogens with one attached hydrogen (secondary N) is 2. The third-order valence-electron chi connectivity index (χ3n) is 7.21. The Labute approximate surface area is 317 Å². The summed E-state index contributed by atoms with van der Waals surface area (Å²) in [5, 5.41) is 21.1. The molecule has 5 aromatic rings. The van der Waals surface area contributed by atoms with Gasteiger partial charge in [0.15, 0.2) is 28.8 Å². The van der Waals surface area contributed by atoms with Crippen molar-refractivity contribution in [2.75, 3.05) is 38.1 Å². The van der Waals surface area contributed by atoms with Gasteiger partial charge in [-0.1, -0.05) is 58.6 Å². The van der Waals surface area contributed by atoms with Gasteiger partial charge in [-0.05, 0) is 71.8 Å². The van der Waals surface area contributed by atoms with E-state index >= 15 is 0 Å². The molecule has 5 N–H and O–H groups in total. The zero-order valence-corrected chi connectivity index (χ0v) is 29.8. The van der Waals surface area contributed by atoms with E-state index in [1.165, 1.54) is 32.8 Å². The summed E-state index contributed by atoms with van der Waals surface area (Å²) in [4.78, 5) is 28.5. The molecular weight excluding hydrogens is 704 g/mol. The molecule has 14 heteroatoms. The summed E-state index contributed by atoms with van der Waals surface area (Å²) in [6.07, 6.45) is 17.7. The van der Waals surface area contributed by atoms with Crippen LogP contribution in [0.15, 0.2) is 113 Å². The highest BCUT2D eigenvalue weighted by Crippen LogP contribution is 2.30. The summed E-state index contributed by atoms with van der Waals surface area (Å²) < 4.78 is 26.1. The van der Waals surface area contributed by atoms with E-state index in [4.69, 9.17) is 47.3 Å². The average molecular weight is 741 g/mol. The molecule has 2 amide bonds. The van der Waals surface area contributed by atoms with Crippen LogP contribution >= 0.6 is 0 Å². The quantitative estimate of drug-likeness (QED) is 0.0266. The molecule has 278 valence electrons. The van der Waals surface area contributed by atoms with Crippen LogP contribution < -0.4 is 35.3 Å². The van der Waals surface area contributed by atoms with Crippen LogP contribution in [-0.2, 0) is 9.59 Å². The van der Waals surface area contributed by atoms with Gasteiger partial charge in [0.1, 0.15) is 13.2 Å². The fourth-order valence-corrected chi connectivity index (χ4v) is 4.69. The van der Waals surface area contributed by atoms with Crippen LogP contribution in [0.2, 0.25) is 0 Å². The Morgan fingerprint density at radius 1 is 0.800 bits per heavy atom. The zero-order chi connectivity index (χ0) is 39.4. The first-order chi connectivity index (χ1) is 26.8. The molecule has 0 saturated carbocycles. The average Bonchev–Trinajstić information content (AvgIpc) is 3.76. The lowest BCUT2D eigenvalue weighted by atomic mass is 10.1. The number of carbonyl (C=O) groups excluding carboxylic acids is 2. The molecule has 0 aliphatic heterocycles. The van der Waals surface area contributed by atoms with Gasteiger partial charge in [-0.3, -0.25) is 9.59 Å². The summed E-state index contributed by atoms with van der Waals surface area (Å²) >= 11 is 0. The third-order valence-corrected chi connectivity index (χ3v) is 7.21. The van der Waals surface area contributed by atoms with Crippen LogP contribution in [0, 0.1) is 24.7 Å². The van der Waals surface area contributed by atoms with Crippen LogP contribution in [0.5, 0.6) is 23.0 Å². The topological polar surface area (TPSA) is 193 Å². The molecule has 0 radical (unpaired) electrons. The summed E-state index contributed by atoms with van der Waals surface area (Å²) in [6.45, 7) is 0.279. The number of benzene rings is 4. The molecule has 4 aromatic carbocycles. The van der Waals surface area contributed by atoms with E-state index in [0.29, 0.717) is 51.3 Å². The first-order valence-corrected chi connectivity index (χ1v) is 16.2. The highest BCUT2D eigenvalue weighted by Gasteiger charge is 2.11. The van der Waals surface area contributed by atoms with Crippen molar-refractivity contribution in [2.24, 2.45) is 10.9 Å². The van der Waals surface area contributed by atoms with E-state index in [0.717, 1.165) is 11.1 Å². The number of ether oxygens (including phenoxy) is 4. The summed E-state index contributed by atoms with van der Waals surface area (Å²) in [5.41, 5.74) is 9.20. The third kappa shape index (κ3) is 11.8. The van der Waals surface area contributed by atoms with Crippen molar-refractivity contribution in [1.29, 1.82) is 0 Å². The number of amidine groups is 1. The van der Waals surface area contributed by atoms with Crippen molar-refractivity contribution in [3.05, 3.63) is 120 Å². The Kier molecular flexibility index (Phi) is 15.0. The lowest BCUT2D eigenvalue weighted by Gasteiger charge is -2.09. The Hall–Kier alpha value is -7.97. The maximum absolute atomic E-state index is 12.3.